The summed E-state index contributed by atoms with van der Waals surface area (Å²) in [5.41, 5.74) is 0.884. The first-order valence-electron chi connectivity index (χ1n) is 23.4. The molecule has 2 saturated carbocycles. The van der Waals surface area contributed by atoms with Crippen LogP contribution in [-0.4, -0.2) is 114 Å². The van der Waals surface area contributed by atoms with Gasteiger partial charge in [0.15, 0.2) is 5.82 Å². The van der Waals surface area contributed by atoms with Crippen LogP contribution >= 0.6 is 0 Å². The maximum absolute atomic E-state index is 15.3. The predicted molar refractivity (Wildman–Crippen MR) is 242 cm³/mol. The second-order valence-corrected chi connectivity index (χ2v) is 19.3. The molecule has 16 nitrogen and oxygen atoms in total. The van der Waals surface area contributed by atoms with Gasteiger partial charge >= 0.3 is 0 Å². The topological polar surface area (TPSA) is 190 Å². The van der Waals surface area contributed by atoms with Crippen molar-refractivity contribution >= 4 is 58.4 Å². The number of carbonyl (C=O) groups is 5. The largest absolute Gasteiger partial charge is 0.495 e. The number of benzene rings is 2. The zero-order chi connectivity index (χ0) is 46.5. The first-order chi connectivity index (χ1) is 31.7. The Morgan fingerprint density at radius 3 is 2.39 bits per heavy atom. The number of piperidine rings is 2. The van der Waals surface area contributed by atoms with Crippen LogP contribution in [0.1, 0.15) is 112 Å². The number of amides is 5. The van der Waals surface area contributed by atoms with E-state index >= 15 is 8.78 Å². The number of fused-ring (bicyclic) bond motifs is 1. The van der Waals surface area contributed by atoms with Gasteiger partial charge in [-0.2, -0.15) is 4.98 Å². The number of nitrogens with zero attached hydrogens (tertiary/aromatic N) is 6. The molecule has 4 aliphatic heterocycles. The highest BCUT2D eigenvalue weighted by atomic mass is 19.1. The van der Waals surface area contributed by atoms with Crippen LogP contribution in [0.5, 0.6) is 5.75 Å². The van der Waals surface area contributed by atoms with Gasteiger partial charge in [-0.05, 0) is 100.0 Å². The third-order valence-electron chi connectivity index (χ3n) is 15.2. The lowest BCUT2D eigenvalue weighted by Gasteiger charge is -2.59. The second-order valence-electron chi connectivity index (χ2n) is 19.3. The molecule has 18 heteroatoms. The van der Waals surface area contributed by atoms with Gasteiger partial charge in [0.1, 0.15) is 29.1 Å². The van der Waals surface area contributed by atoms with E-state index in [1.807, 2.05) is 11.8 Å². The quantitative estimate of drug-likeness (QED) is 0.172. The zero-order valence-corrected chi connectivity index (χ0v) is 37.8. The molecule has 2 aromatic carbocycles. The minimum absolute atomic E-state index is 0.00745. The molecule has 5 amide bonds. The number of anilines is 5. The lowest BCUT2D eigenvalue weighted by atomic mass is 9.52. The molecule has 9 rings (SSSR count). The third kappa shape index (κ3) is 8.40. The molecule has 1 aromatic heterocycles. The van der Waals surface area contributed by atoms with Crippen LogP contribution in [0.2, 0.25) is 0 Å². The highest BCUT2D eigenvalue weighted by Crippen LogP contribution is 2.56. The maximum atomic E-state index is 15.3. The normalized spacial score (nSPS) is 23.7. The number of rotatable bonds is 12. The lowest BCUT2D eigenvalue weighted by Crippen LogP contribution is -2.64. The molecule has 0 radical (unpaired) electrons. The molecular weight excluding hydrogens is 853 g/mol. The van der Waals surface area contributed by atoms with Crippen LogP contribution in [0.4, 0.5) is 37.6 Å². The Morgan fingerprint density at radius 1 is 1.00 bits per heavy atom. The fraction of sp³-hybridized carbons (Fsp3) is 0.562. The Balaban J connectivity index is 0.803. The molecule has 4 N–H and O–H groups in total. The van der Waals surface area contributed by atoms with Crippen LogP contribution in [0.25, 0.3) is 0 Å². The molecule has 1 spiro atoms. The van der Waals surface area contributed by atoms with Crippen molar-refractivity contribution in [3.8, 4) is 5.75 Å². The Morgan fingerprint density at radius 2 is 1.73 bits per heavy atom. The standard InChI is InChI=1S/C48H59F2N9O7/c1-4-36-45(65)56(2)37-24-51-46(54-41(37)59(36)30-7-5-6-8-30)52-35-11-9-28(21-38(35)66-3)42(62)55-48(16-20-60)26-47(27-48)14-18-57(19-15-47)44(64)29-13-17-58(25-29)31-22-33(49)40(34(50)23-31)32-10-12-39(61)53-43(32)63/h9,11,21-24,29-30,32,36,60H,4-8,10,12-20,25-27H2,1-3H3,(H,55,62)(H,51,52,54)(H,53,61,63)/t29-,32?,36+/m0/s1. The van der Waals surface area contributed by atoms with Crippen molar-refractivity contribution in [3.63, 3.8) is 0 Å². The van der Waals surface area contributed by atoms with Gasteiger partial charge in [0, 0.05) is 74.6 Å². The maximum Gasteiger partial charge on any atom is 0.251 e. The number of likely N-dealkylation sites (N-methyl/N-ethyl adjacent to an activating group) is 1. The van der Waals surface area contributed by atoms with E-state index in [1.165, 1.54) is 19.2 Å². The lowest BCUT2D eigenvalue weighted by molar-refractivity contribution is -0.140. The Labute approximate surface area is 382 Å². The van der Waals surface area contributed by atoms with E-state index in [-0.39, 0.29) is 66.2 Å². The predicted octanol–water partition coefficient (Wildman–Crippen LogP) is 5.31. The van der Waals surface area contributed by atoms with Crippen molar-refractivity contribution in [3.05, 3.63) is 59.3 Å². The summed E-state index contributed by atoms with van der Waals surface area (Å²) in [7, 11) is 3.29. The number of hydrogen-bond donors (Lipinski definition) is 4. The minimum Gasteiger partial charge on any atom is -0.495 e. The fourth-order valence-corrected chi connectivity index (χ4v) is 11.8. The van der Waals surface area contributed by atoms with Crippen LogP contribution in [0.15, 0.2) is 36.5 Å². The van der Waals surface area contributed by atoms with E-state index in [4.69, 9.17) is 9.72 Å². The van der Waals surface area contributed by atoms with Crippen LogP contribution in [0, 0.1) is 23.0 Å². The number of carbonyl (C=O) groups excluding carboxylic acids is 5. The van der Waals surface area contributed by atoms with E-state index in [2.05, 4.69) is 25.8 Å². The minimum atomic E-state index is -1.08. The zero-order valence-electron chi connectivity index (χ0n) is 37.8. The van der Waals surface area contributed by atoms with Crippen molar-refractivity contribution in [1.29, 1.82) is 0 Å². The number of aliphatic hydroxyl groups excluding tert-OH is 1. The van der Waals surface area contributed by atoms with Gasteiger partial charge in [0.05, 0.1) is 30.8 Å². The van der Waals surface area contributed by atoms with Crippen LogP contribution in [0.3, 0.4) is 0 Å². The summed E-state index contributed by atoms with van der Waals surface area (Å²) in [5, 5.41) is 18.8. The first kappa shape index (κ1) is 45.3. The van der Waals surface area contributed by atoms with Crippen molar-refractivity contribution in [2.45, 2.75) is 114 Å². The average Bonchev–Trinajstić information content (AvgIpc) is 4.02. The third-order valence-corrected chi connectivity index (χ3v) is 15.2. The summed E-state index contributed by atoms with van der Waals surface area (Å²) >= 11 is 0. The molecule has 5 heterocycles. The van der Waals surface area contributed by atoms with E-state index in [0.717, 1.165) is 44.3 Å². The van der Waals surface area contributed by atoms with Crippen molar-refractivity contribution in [1.82, 2.24) is 25.5 Å². The highest BCUT2D eigenvalue weighted by Gasteiger charge is 2.56. The van der Waals surface area contributed by atoms with Gasteiger partial charge in [-0.3, -0.25) is 29.3 Å². The molecule has 2 aliphatic carbocycles. The van der Waals surface area contributed by atoms with Crippen LogP contribution < -0.4 is 35.4 Å². The fourth-order valence-electron chi connectivity index (χ4n) is 11.8. The van der Waals surface area contributed by atoms with E-state index < -0.39 is 34.9 Å². The number of aliphatic hydroxyl groups is 1. The van der Waals surface area contributed by atoms with Crippen molar-refractivity contribution in [2.24, 2.45) is 11.3 Å². The summed E-state index contributed by atoms with van der Waals surface area (Å²) in [6.45, 7) is 3.79. The first-order valence-corrected chi connectivity index (χ1v) is 23.4. The van der Waals surface area contributed by atoms with E-state index in [9.17, 15) is 29.1 Å². The number of hydrogen-bond acceptors (Lipinski definition) is 12. The molecule has 3 aromatic rings. The SMILES string of the molecule is CC[C@@H]1C(=O)N(C)c2cnc(Nc3ccc(C(=O)NC4(CCO)CC5(CCN(C(=O)[C@H]6CCN(c7cc(F)c(C8CCC(=O)NC8=O)c(F)c7)C6)CC5)C4)cc3OC)nc2N1C1CCCC1. The summed E-state index contributed by atoms with van der Waals surface area (Å²) in [6.07, 6.45) is 10.4. The van der Waals surface area contributed by atoms with Gasteiger partial charge in [0.2, 0.25) is 29.6 Å². The van der Waals surface area contributed by atoms with Gasteiger partial charge in [0.25, 0.3) is 5.91 Å². The smallest absolute Gasteiger partial charge is 0.251 e. The Bertz CT molecular complexity index is 2390. The van der Waals surface area contributed by atoms with Gasteiger partial charge in [-0.15, -0.1) is 0 Å². The monoisotopic (exact) mass is 911 g/mol. The summed E-state index contributed by atoms with van der Waals surface area (Å²) in [6, 6.07) is 7.47. The number of aromatic nitrogens is 2. The molecule has 3 saturated heterocycles. The average molecular weight is 912 g/mol. The molecule has 5 fully saturated rings. The van der Waals surface area contributed by atoms with E-state index in [1.54, 1.807) is 41.2 Å². The molecule has 3 atom stereocenters. The van der Waals surface area contributed by atoms with Gasteiger partial charge < -0.3 is 40.1 Å². The number of methoxy groups -OCH3 is 1. The summed E-state index contributed by atoms with van der Waals surface area (Å²) < 4.78 is 36.4. The van der Waals surface area contributed by atoms with Crippen LogP contribution in [-0.2, 0) is 19.2 Å². The summed E-state index contributed by atoms with van der Waals surface area (Å²) in [4.78, 5) is 81.9. The molecule has 66 heavy (non-hydrogen) atoms. The second kappa shape index (κ2) is 18.1. The Hall–Kier alpha value is -5.91. The number of nitrogens with one attached hydrogen (secondary N) is 3. The van der Waals surface area contributed by atoms with Crippen molar-refractivity contribution in [2.75, 3.05) is 67.0 Å². The number of imide groups is 1. The molecule has 0 bridgehead atoms. The number of halogens is 2. The summed E-state index contributed by atoms with van der Waals surface area (Å²) in [5.74, 6) is -3.05. The van der Waals surface area contributed by atoms with Crippen molar-refractivity contribution < 1.29 is 42.6 Å². The van der Waals surface area contributed by atoms with Gasteiger partial charge in [-0.25, -0.2) is 13.8 Å². The van der Waals surface area contributed by atoms with Gasteiger partial charge in [-0.1, -0.05) is 19.8 Å². The molecular formula is C48H59F2N9O7. The molecule has 6 aliphatic rings. The van der Waals surface area contributed by atoms with E-state index in [0.29, 0.717) is 92.6 Å². The Kier molecular flexibility index (Phi) is 12.4. The highest BCUT2D eigenvalue weighted by molar-refractivity contribution is 6.04. The number of likely N-dealkylation sites (tertiary alicyclic amines) is 1. The molecule has 352 valence electrons. The number of ether oxygens (including phenoxy) is 1. The molecule has 1 unspecified atom stereocenters.